The number of carbonyl (C=O) groups is 1. The molecule has 0 saturated heterocycles. The lowest BCUT2D eigenvalue weighted by molar-refractivity contribution is -0.276. The van der Waals surface area contributed by atoms with Crippen molar-refractivity contribution in [3.8, 4) is 5.88 Å². The Hall–Kier alpha value is -1.77. The molecule has 1 rings (SSSR count). The van der Waals surface area contributed by atoms with Crippen LogP contribution >= 0.6 is 0 Å². The Morgan fingerprint density at radius 1 is 1.44 bits per heavy atom. The van der Waals surface area contributed by atoms with Crippen LogP contribution in [0.1, 0.15) is 28.0 Å². The van der Waals surface area contributed by atoms with Crippen LogP contribution in [0, 0.1) is 0 Å². The lowest BCUT2D eigenvalue weighted by Crippen LogP contribution is -2.19. The van der Waals surface area contributed by atoms with Crippen molar-refractivity contribution in [3.05, 3.63) is 22.9 Å². The predicted molar refractivity (Wildman–Crippen MR) is 49.2 cm³/mol. The second-order valence-electron chi connectivity index (χ2n) is 3.08. The molecule has 2 N–H and O–H groups in total. The van der Waals surface area contributed by atoms with Crippen molar-refractivity contribution >= 4 is 6.29 Å². The standard InChI is InChI=1S/C9H7F5N2O2/c10-8(11)7-4(3-17)1-6(16-5(7)2-15)18-9(12,13)14/h1,3,8H,2,15H2. The van der Waals surface area contributed by atoms with E-state index in [0.29, 0.717) is 6.07 Å². The number of nitrogens with zero attached hydrogens (tertiary/aromatic N) is 1. The zero-order valence-corrected chi connectivity index (χ0v) is 8.67. The number of rotatable bonds is 4. The number of carbonyl (C=O) groups excluding carboxylic acids is 1. The zero-order valence-electron chi connectivity index (χ0n) is 8.67. The van der Waals surface area contributed by atoms with Crippen LogP contribution in [0.15, 0.2) is 6.07 Å². The third-order valence-electron chi connectivity index (χ3n) is 1.90. The second kappa shape index (κ2) is 5.25. The Labute approximate surface area is 97.6 Å². The van der Waals surface area contributed by atoms with Crippen LogP contribution in [0.25, 0.3) is 0 Å². The summed E-state index contributed by atoms with van der Waals surface area (Å²) in [4.78, 5) is 13.8. The summed E-state index contributed by atoms with van der Waals surface area (Å²) >= 11 is 0. The number of nitrogens with two attached hydrogens (primary N) is 1. The van der Waals surface area contributed by atoms with E-state index in [1.807, 2.05) is 0 Å². The van der Waals surface area contributed by atoms with Gasteiger partial charge in [-0.2, -0.15) is 0 Å². The normalized spacial score (nSPS) is 11.7. The molecule has 1 aromatic heterocycles. The highest BCUT2D eigenvalue weighted by Crippen LogP contribution is 2.29. The highest BCUT2D eigenvalue weighted by molar-refractivity contribution is 5.78. The molecule has 18 heavy (non-hydrogen) atoms. The quantitative estimate of drug-likeness (QED) is 0.672. The van der Waals surface area contributed by atoms with Crippen LogP contribution in [0.4, 0.5) is 22.0 Å². The van der Waals surface area contributed by atoms with Crippen molar-refractivity contribution in [2.45, 2.75) is 19.3 Å². The van der Waals surface area contributed by atoms with E-state index in [1.165, 1.54) is 0 Å². The summed E-state index contributed by atoms with van der Waals surface area (Å²) in [5.74, 6) is -1.01. The Kier molecular flexibility index (Phi) is 4.17. The lowest BCUT2D eigenvalue weighted by atomic mass is 10.1. The van der Waals surface area contributed by atoms with E-state index in [0.717, 1.165) is 0 Å². The number of hydrogen-bond donors (Lipinski definition) is 1. The fourth-order valence-electron chi connectivity index (χ4n) is 1.28. The average Bonchev–Trinajstić information content (AvgIpc) is 2.24. The molecule has 0 atom stereocenters. The Morgan fingerprint density at radius 3 is 2.44 bits per heavy atom. The van der Waals surface area contributed by atoms with Crippen molar-refractivity contribution in [2.24, 2.45) is 5.73 Å². The molecule has 0 aliphatic carbocycles. The van der Waals surface area contributed by atoms with E-state index in [9.17, 15) is 26.7 Å². The molecule has 0 spiro atoms. The summed E-state index contributed by atoms with van der Waals surface area (Å²) in [6.45, 7) is -0.546. The summed E-state index contributed by atoms with van der Waals surface area (Å²) in [5, 5.41) is 0. The molecule has 0 amide bonds. The molecule has 0 radical (unpaired) electrons. The Bertz CT molecular complexity index is 447. The van der Waals surface area contributed by atoms with Gasteiger partial charge in [0.2, 0.25) is 5.88 Å². The molecule has 0 aliphatic heterocycles. The second-order valence-corrected chi connectivity index (χ2v) is 3.08. The topological polar surface area (TPSA) is 65.2 Å². The largest absolute Gasteiger partial charge is 0.574 e. The fourth-order valence-corrected chi connectivity index (χ4v) is 1.28. The highest BCUT2D eigenvalue weighted by atomic mass is 19.4. The van der Waals surface area contributed by atoms with Gasteiger partial charge < -0.3 is 10.5 Å². The zero-order chi connectivity index (χ0) is 13.9. The van der Waals surface area contributed by atoms with Crippen LogP contribution < -0.4 is 10.5 Å². The SMILES string of the molecule is NCc1nc(OC(F)(F)F)cc(C=O)c1C(F)F. The van der Waals surface area contributed by atoms with Gasteiger partial charge in [0.15, 0.2) is 6.29 Å². The fraction of sp³-hybridized carbons (Fsp3) is 0.333. The van der Waals surface area contributed by atoms with E-state index in [1.54, 1.807) is 0 Å². The van der Waals surface area contributed by atoms with Gasteiger partial charge in [-0.1, -0.05) is 0 Å². The van der Waals surface area contributed by atoms with Gasteiger partial charge >= 0.3 is 6.36 Å². The molecular formula is C9H7F5N2O2. The molecule has 0 fully saturated rings. The van der Waals surface area contributed by atoms with Gasteiger partial charge in [0.25, 0.3) is 6.43 Å². The minimum Gasteiger partial charge on any atom is -0.388 e. The number of alkyl halides is 5. The maximum atomic E-state index is 12.6. The molecule has 1 aromatic rings. The number of hydrogen-bond acceptors (Lipinski definition) is 4. The van der Waals surface area contributed by atoms with Gasteiger partial charge in [0.05, 0.1) is 11.3 Å². The summed E-state index contributed by atoms with van der Waals surface area (Å²) < 4.78 is 64.5. The number of halogens is 5. The number of aromatic nitrogens is 1. The first-order valence-electron chi connectivity index (χ1n) is 4.51. The maximum Gasteiger partial charge on any atom is 0.574 e. The molecular weight excluding hydrogens is 263 g/mol. The first-order valence-corrected chi connectivity index (χ1v) is 4.51. The molecule has 100 valence electrons. The van der Waals surface area contributed by atoms with E-state index in [-0.39, 0.29) is 6.29 Å². The van der Waals surface area contributed by atoms with Gasteiger partial charge in [-0.15, -0.1) is 13.2 Å². The Morgan fingerprint density at radius 2 is 2.06 bits per heavy atom. The molecule has 4 nitrogen and oxygen atoms in total. The van der Waals surface area contributed by atoms with Crippen molar-refractivity contribution in [3.63, 3.8) is 0 Å². The lowest BCUT2D eigenvalue weighted by Gasteiger charge is -2.13. The maximum absolute atomic E-state index is 12.6. The van der Waals surface area contributed by atoms with Gasteiger partial charge in [-0.25, -0.2) is 13.8 Å². The van der Waals surface area contributed by atoms with Crippen LogP contribution in [0.3, 0.4) is 0 Å². The molecule has 1 heterocycles. The number of pyridine rings is 1. The van der Waals surface area contributed by atoms with Gasteiger partial charge in [-0.05, 0) is 0 Å². The number of ether oxygens (including phenoxy) is 1. The van der Waals surface area contributed by atoms with Gasteiger partial charge in [0, 0.05) is 18.2 Å². The van der Waals surface area contributed by atoms with Crippen molar-refractivity contribution in [1.82, 2.24) is 4.98 Å². The average molecular weight is 270 g/mol. The van der Waals surface area contributed by atoms with Crippen molar-refractivity contribution in [2.75, 3.05) is 0 Å². The van der Waals surface area contributed by atoms with Crippen molar-refractivity contribution in [1.29, 1.82) is 0 Å². The molecule has 0 aliphatic rings. The van der Waals surface area contributed by atoms with Gasteiger partial charge in [-0.3, -0.25) is 4.79 Å². The monoisotopic (exact) mass is 270 g/mol. The first kappa shape index (κ1) is 14.3. The summed E-state index contributed by atoms with van der Waals surface area (Å²) in [6.07, 6.45) is -8.12. The minimum absolute atomic E-state index is 0.00837. The molecule has 9 heteroatoms. The molecule has 0 aromatic carbocycles. The van der Waals surface area contributed by atoms with Crippen LogP contribution in [-0.4, -0.2) is 17.6 Å². The summed E-state index contributed by atoms with van der Waals surface area (Å²) in [6, 6.07) is 0.487. The van der Waals surface area contributed by atoms with E-state index >= 15 is 0 Å². The van der Waals surface area contributed by atoms with E-state index < -0.39 is 42.0 Å². The van der Waals surface area contributed by atoms with Crippen LogP contribution in [0.5, 0.6) is 5.88 Å². The van der Waals surface area contributed by atoms with Crippen LogP contribution in [-0.2, 0) is 6.54 Å². The van der Waals surface area contributed by atoms with Crippen molar-refractivity contribution < 1.29 is 31.5 Å². The third-order valence-corrected chi connectivity index (χ3v) is 1.90. The minimum atomic E-state index is -5.04. The van der Waals surface area contributed by atoms with E-state index in [2.05, 4.69) is 9.72 Å². The molecule has 0 saturated carbocycles. The first-order chi connectivity index (χ1) is 8.28. The third kappa shape index (κ3) is 3.36. The summed E-state index contributed by atoms with van der Waals surface area (Å²) in [7, 11) is 0. The molecule has 0 bridgehead atoms. The smallest absolute Gasteiger partial charge is 0.388 e. The van der Waals surface area contributed by atoms with Gasteiger partial charge in [0.1, 0.15) is 0 Å². The highest BCUT2D eigenvalue weighted by Gasteiger charge is 2.33. The molecule has 0 unspecified atom stereocenters. The van der Waals surface area contributed by atoms with Crippen LogP contribution in [0.2, 0.25) is 0 Å². The Balaban J connectivity index is 3.30. The predicted octanol–water partition coefficient (Wildman–Crippen LogP) is 2.19. The number of aldehydes is 1. The summed E-state index contributed by atoms with van der Waals surface area (Å²) in [5.41, 5.74) is 3.15. The van der Waals surface area contributed by atoms with E-state index in [4.69, 9.17) is 5.73 Å².